The molecule has 0 saturated heterocycles. The third-order valence-corrected chi connectivity index (χ3v) is 3.27. The van der Waals surface area contributed by atoms with Crippen LogP contribution in [0.5, 0.6) is 0 Å². The zero-order valence-corrected chi connectivity index (χ0v) is 12.0. The molecule has 0 radical (unpaired) electrons. The monoisotopic (exact) mass is 305 g/mol. The fraction of sp³-hybridized carbons (Fsp3) is 0.286. The van der Waals surface area contributed by atoms with Crippen molar-refractivity contribution >= 4 is 22.9 Å². The van der Waals surface area contributed by atoms with Crippen molar-refractivity contribution < 1.29 is 14.7 Å². The van der Waals surface area contributed by atoms with Gasteiger partial charge in [-0.3, -0.25) is 19.2 Å². The van der Waals surface area contributed by atoms with Crippen molar-refractivity contribution in [2.45, 2.75) is 26.4 Å². The van der Waals surface area contributed by atoms with Crippen LogP contribution in [0.15, 0.2) is 27.8 Å². The number of rotatable bonds is 4. The summed E-state index contributed by atoms with van der Waals surface area (Å²) in [7, 11) is 0. The molecule has 2 aromatic rings. The lowest BCUT2D eigenvalue weighted by Gasteiger charge is -2.11. The number of aryl methyl sites for hydroxylation is 1. The first-order valence-corrected chi connectivity index (χ1v) is 6.65. The van der Waals surface area contributed by atoms with Crippen molar-refractivity contribution in [1.29, 1.82) is 0 Å². The minimum Gasteiger partial charge on any atom is -0.480 e. The van der Waals surface area contributed by atoms with E-state index in [-0.39, 0.29) is 5.56 Å². The first-order chi connectivity index (χ1) is 10.3. The number of aromatic nitrogens is 2. The Bertz CT molecular complexity index is 865. The van der Waals surface area contributed by atoms with Crippen molar-refractivity contribution in [3.8, 4) is 0 Å². The van der Waals surface area contributed by atoms with E-state index >= 15 is 0 Å². The molecule has 0 fully saturated rings. The van der Waals surface area contributed by atoms with E-state index in [9.17, 15) is 19.2 Å². The SMILES string of the molecule is CCn1c(=O)c(=O)[nH]c2cc(C(=O)N[C@@H](C)C(=O)O)ccc21. The Hall–Kier alpha value is -2.90. The average molecular weight is 305 g/mol. The number of amides is 1. The van der Waals surface area contributed by atoms with Crippen LogP contribution in [-0.2, 0) is 11.3 Å². The van der Waals surface area contributed by atoms with Gasteiger partial charge in [-0.15, -0.1) is 0 Å². The van der Waals surface area contributed by atoms with Crippen LogP contribution in [0.25, 0.3) is 11.0 Å². The molecule has 0 aliphatic carbocycles. The molecule has 2 rings (SSSR count). The number of hydrogen-bond donors (Lipinski definition) is 3. The van der Waals surface area contributed by atoms with Gasteiger partial charge >= 0.3 is 17.1 Å². The number of carbonyl (C=O) groups is 2. The number of benzene rings is 1. The smallest absolute Gasteiger partial charge is 0.325 e. The van der Waals surface area contributed by atoms with Crippen molar-refractivity contribution in [2.24, 2.45) is 0 Å². The standard InChI is InChI=1S/C14H15N3O5/c1-3-17-10-5-4-8(11(18)15-7(2)14(21)22)6-9(10)16-12(19)13(17)20/h4-7H,3H2,1-2H3,(H,15,18)(H,16,19)(H,21,22)/t7-/m0/s1. The lowest BCUT2D eigenvalue weighted by Crippen LogP contribution is -2.38. The van der Waals surface area contributed by atoms with Crippen LogP contribution in [0.3, 0.4) is 0 Å². The van der Waals surface area contributed by atoms with Gasteiger partial charge in [-0.05, 0) is 32.0 Å². The number of carbonyl (C=O) groups excluding carboxylic acids is 1. The number of nitrogens with one attached hydrogen (secondary N) is 2. The van der Waals surface area contributed by atoms with Gasteiger partial charge in [0.2, 0.25) is 0 Å². The van der Waals surface area contributed by atoms with E-state index in [1.165, 1.54) is 29.7 Å². The van der Waals surface area contributed by atoms with Gasteiger partial charge in [-0.2, -0.15) is 0 Å². The van der Waals surface area contributed by atoms with Crippen LogP contribution in [0.1, 0.15) is 24.2 Å². The van der Waals surface area contributed by atoms with Crippen LogP contribution in [0, 0.1) is 0 Å². The molecule has 1 amide bonds. The normalized spacial score (nSPS) is 12.1. The van der Waals surface area contributed by atoms with E-state index in [1.54, 1.807) is 6.92 Å². The van der Waals surface area contributed by atoms with Crippen LogP contribution in [-0.4, -0.2) is 32.6 Å². The van der Waals surface area contributed by atoms with Crippen LogP contribution >= 0.6 is 0 Å². The summed E-state index contributed by atoms with van der Waals surface area (Å²) in [5.41, 5.74) is -0.410. The number of carboxylic acid groups (broad SMARTS) is 1. The highest BCUT2D eigenvalue weighted by atomic mass is 16.4. The number of aliphatic carboxylic acids is 1. The lowest BCUT2D eigenvalue weighted by atomic mass is 10.1. The Kier molecular flexibility index (Phi) is 4.11. The average Bonchev–Trinajstić information content (AvgIpc) is 2.47. The number of aromatic amines is 1. The van der Waals surface area contributed by atoms with Crippen molar-refractivity contribution in [2.75, 3.05) is 0 Å². The second kappa shape index (κ2) is 5.84. The maximum atomic E-state index is 12.0. The van der Waals surface area contributed by atoms with Gasteiger partial charge < -0.3 is 20.0 Å². The fourth-order valence-electron chi connectivity index (χ4n) is 2.08. The summed E-state index contributed by atoms with van der Waals surface area (Å²) < 4.78 is 1.30. The molecule has 0 unspecified atom stereocenters. The summed E-state index contributed by atoms with van der Waals surface area (Å²) in [5, 5.41) is 11.1. The second-order valence-electron chi connectivity index (χ2n) is 4.77. The molecule has 1 aromatic carbocycles. The minimum absolute atomic E-state index is 0.192. The Morgan fingerprint density at radius 2 is 2.05 bits per heavy atom. The highest BCUT2D eigenvalue weighted by Gasteiger charge is 2.16. The van der Waals surface area contributed by atoms with E-state index < -0.39 is 29.0 Å². The minimum atomic E-state index is -1.15. The van der Waals surface area contributed by atoms with Gasteiger partial charge in [0.15, 0.2) is 0 Å². The molecule has 3 N–H and O–H groups in total. The lowest BCUT2D eigenvalue weighted by molar-refractivity contribution is -0.138. The van der Waals surface area contributed by atoms with Gasteiger partial charge in [0, 0.05) is 12.1 Å². The number of hydrogen-bond acceptors (Lipinski definition) is 4. The second-order valence-corrected chi connectivity index (χ2v) is 4.77. The number of fused-ring (bicyclic) bond motifs is 1. The summed E-state index contributed by atoms with van der Waals surface area (Å²) in [4.78, 5) is 48.5. The maximum absolute atomic E-state index is 12.0. The quantitative estimate of drug-likeness (QED) is 0.682. The molecular formula is C14H15N3O5. The van der Waals surface area contributed by atoms with Gasteiger partial charge in [-0.1, -0.05) is 0 Å². The summed E-state index contributed by atoms with van der Waals surface area (Å²) in [5.74, 6) is -1.73. The molecule has 22 heavy (non-hydrogen) atoms. The van der Waals surface area contributed by atoms with Crippen LogP contribution in [0.4, 0.5) is 0 Å². The van der Waals surface area contributed by atoms with Crippen molar-refractivity contribution in [3.05, 3.63) is 44.5 Å². The molecule has 0 bridgehead atoms. The summed E-state index contributed by atoms with van der Waals surface area (Å²) in [6.07, 6.45) is 0. The maximum Gasteiger partial charge on any atom is 0.325 e. The predicted molar refractivity (Wildman–Crippen MR) is 79.1 cm³/mol. The molecule has 0 aliphatic heterocycles. The van der Waals surface area contributed by atoms with Crippen molar-refractivity contribution in [3.63, 3.8) is 0 Å². The van der Waals surface area contributed by atoms with Gasteiger partial charge in [-0.25, -0.2) is 0 Å². The molecular weight excluding hydrogens is 290 g/mol. The highest BCUT2D eigenvalue weighted by molar-refractivity contribution is 5.99. The molecule has 1 aromatic heterocycles. The van der Waals surface area contributed by atoms with E-state index in [0.29, 0.717) is 17.6 Å². The van der Waals surface area contributed by atoms with Gasteiger partial charge in [0.25, 0.3) is 5.91 Å². The third kappa shape index (κ3) is 2.76. The van der Waals surface area contributed by atoms with Crippen LogP contribution in [0.2, 0.25) is 0 Å². The molecule has 1 heterocycles. The Morgan fingerprint density at radius 3 is 2.64 bits per heavy atom. The topological polar surface area (TPSA) is 121 Å². The Labute approximate surface area is 124 Å². The molecule has 0 saturated carbocycles. The zero-order valence-electron chi connectivity index (χ0n) is 12.0. The summed E-state index contributed by atoms with van der Waals surface area (Å²) in [6, 6.07) is 3.38. The van der Waals surface area contributed by atoms with E-state index in [0.717, 1.165) is 0 Å². The summed E-state index contributed by atoms with van der Waals surface area (Å²) >= 11 is 0. The first-order valence-electron chi connectivity index (χ1n) is 6.65. The van der Waals surface area contributed by atoms with E-state index in [4.69, 9.17) is 5.11 Å². The molecule has 1 atom stereocenters. The van der Waals surface area contributed by atoms with Gasteiger partial charge in [0.05, 0.1) is 11.0 Å². The summed E-state index contributed by atoms with van der Waals surface area (Å²) in [6.45, 7) is 3.40. The molecule has 116 valence electrons. The van der Waals surface area contributed by atoms with Gasteiger partial charge in [0.1, 0.15) is 6.04 Å². The van der Waals surface area contributed by atoms with E-state index in [1.807, 2.05) is 0 Å². The van der Waals surface area contributed by atoms with Crippen molar-refractivity contribution in [1.82, 2.24) is 14.9 Å². The third-order valence-electron chi connectivity index (χ3n) is 3.27. The molecule has 0 spiro atoms. The number of nitrogens with zero attached hydrogens (tertiary/aromatic N) is 1. The first kappa shape index (κ1) is 15.5. The Balaban J connectivity index is 2.50. The largest absolute Gasteiger partial charge is 0.480 e. The van der Waals surface area contributed by atoms with E-state index in [2.05, 4.69) is 10.3 Å². The molecule has 0 aliphatic rings. The number of H-pyrrole nitrogens is 1. The predicted octanol–water partition coefficient (Wildman–Crippen LogP) is -0.0874. The highest BCUT2D eigenvalue weighted by Crippen LogP contribution is 2.11. The Morgan fingerprint density at radius 1 is 1.36 bits per heavy atom. The molecule has 8 nitrogen and oxygen atoms in total. The van der Waals surface area contributed by atoms with Crippen LogP contribution < -0.4 is 16.4 Å². The molecule has 8 heteroatoms. The fourth-order valence-corrected chi connectivity index (χ4v) is 2.08. The zero-order chi connectivity index (χ0) is 16.4. The number of carboxylic acids is 1.